The molecule has 1 aliphatic heterocycles. The second-order valence-corrected chi connectivity index (χ2v) is 7.05. The number of hydrogen-bond donors (Lipinski definition) is 3. The van der Waals surface area contributed by atoms with Crippen molar-refractivity contribution in [3.63, 3.8) is 0 Å². The summed E-state index contributed by atoms with van der Waals surface area (Å²) in [4.78, 5) is 26.1. The van der Waals surface area contributed by atoms with Gasteiger partial charge in [-0.3, -0.25) is 9.69 Å². The third-order valence-corrected chi connectivity index (χ3v) is 4.89. The van der Waals surface area contributed by atoms with Crippen molar-refractivity contribution in [2.45, 2.75) is 6.04 Å². The number of nitrogens with zero attached hydrogens (tertiary/aromatic N) is 1. The standard InChI is InChI=1S/C21H22F4N4O3/c22-14-3-1-2-13(10-14)17(29-6-8-32-9-7-29)11-26-21(31)27-12-18(30)28-16-5-4-15(23)19(24)20(16)25/h1-5,10,17H,6-9,11-12H2,(H,28,30)(H2,26,27,31). The summed E-state index contributed by atoms with van der Waals surface area (Å²) in [5, 5.41) is 6.98. The van der Waals surface area contributed by atoms with Crippen LogP contribution in [-0.4, -0.2) is 56.2 Å². The molecular formula is C21H22F4N4O3. The van der Waals surface area contributed by atoms with E-state index in [1.165, 1.54) is 12.1 Å². The molecule has 0 radical (unpaired) electrons. The molecule has 3 amide bonds. The van der Waals surface area contributed by atoms with Crippen molar-refractivity contribution in [3.05, 3.63) is 65.2 Å². The number of morpholine rings is 1. The lowest BCUT2D eigenvalue weighted by molar-refractivity contribution is -0.115. The molecule has 11 heteroatoms. The first-order valence-corrected chi connectivity index (χ1v) is 9.87. The molecule has 3 N–H and O–H groups in total. The molecule has 1 unspecified atom stereocenters. The van der Waals surface area contributed by atoms with E-state index in [9.17, 15) is 27.2 Å². The number of nitrogens with one attached hydrogen (secondary N) is 3. The van der Waals surface area contributed by atoms with Gasteiger partial charge in [0.05, 0.1) is 31.5 Å². The highest BCUT2D eigenvalue weighted by Crippen LogP contribution is 2.22. The summed E-state index contributed by atoms with van der Waals surface area (Å²) in [7, 11) is 0. The van der Waals surface area contributed by atoms with Crippen LogP contribution in [0.15, 0.2) is 36.4 Å². The van der Waals surface area contributed by atoms with Crippen molar-refractivity contribution < 1.29 is 31.9 Å². The van der Waals surface area contributed by atoms with Gasteiger partial charge >= 0.3 is 6.03 Å². The fourth-order valence-electron chi connectivity index (χ4n) is 3.29. The van der Waals surface area contributed by atoms with E-state index in [1.807, 2.05) is 0 Å². The minimum atomic E-state index is -1.71. The molecule has 0 aromatic heterocycles. The normalized spacial score (nSPS) is 15.1. The quantitative estimate of drug-likeness (QED) is 0.444. The zero-order valence-corrected chi connectivity index (χ0v) is 17.0. The predicted molar refractivity (Wildman–Crippen MR) is 108 cm³/mol. The molecule has 1 atom stereocenters. The van der Waals surface area contributed by atoms with Crippen molar-refractivity contribution in [1.82, 2.24) is 15.5 Å². The molecule has 172 valence electrons. The molecule has 0 spiro atoms. The van der Waals surface area contributed by atoms with Crippen LogP contribution in [-0.2, 0) is 9.53 Å². The first-order chi connectivity index (χ1) is 15.3. The molecule has 3 rings (SSSR count). The van der Waals surface area contributed by atoms with Crippen LogP contribution in [0.2, 0.25) is 0 Å². The fourth-order valence-corrected chi connectivity index (χ4v) is 3.29. The van der Waals surface area contributed by atoms with Gasteiger partial charge in [0.2, 0.25) is 5.91 Å². The zero-order chi connectivity index (χ0) is 23.1. The van der Waals surface area contributed by atoms with Crippen LogP contribution < -0.4 is 16.0 Å². The number of amides is 3. The van der Waals surface area contributed by atoms with Gasteiger partial charge in [-0.2, -0.15) is 0 Å². The number of carbonyl (C=O) groups excluding carboxylic acids is 2. The van der Waals surface area contributed by atoms with Gasteiger partial charge in [-0.15, -0.1) is 0 Å². The predicted octanol–water partition coefficient (Wildman–Crippen LogP) is 2.55. The average Bonchev–Trinajstić information content (AvgIpc) is 2.79. The number of halogens is 4. The first kappa shape index (κ1) is 23.5. The Bertz CT molecular complexity index is 970. The second kappa shape index (κ2) is 10.9. The molecule has 2 aromatic carbocycles. The minimum Gasteiger partial charge on any atom is -0.379 e. The van der Waals surface area contributed by atoms with Crippen LogP contribution in [0, 0.1) is 23.3 Å². The van der Waals surface area contributed by atoms with Crippen molar-refractivity contribution >= 4 is 17.6 Å². The Morgan fingerprint density at radius 1 is 1.00 bits per heavy atom. The smallest absolute Gasteiger partial charge is 0.315 e. The minimum absolute atomic E-state index is 0.134. The van der Waals surface area contributed by atoms with Crippen LogP contribution in [0.4, 0.5) is 28.0 Å². The molecule has 1 heterocycles. The van der Waals surface area contributed by atoms with Gasteiger partial charge < -0.3 is 20.7 Å². The number of carbonyl (C=O) groups is 2. The third kappa shape index (κ3) is 6.17. The van der Waals surface area contributed by atoms with E-state index in [0.29, 0.717) is 37.9 Å². The monoisotopic (exact) mass is 454 g/mol. The lowest BCUT2D eigenvalue weighted by Crippen LogP contribution is -2.46. The number of urea groups is 1. The average molecular weight is 454 g/mol. The number of anilines is 1. The highest BCUT2D eigenvalue weighted by Gasteiger charge is 2.24. The van der Waals surface area contributed by atoms with E-state index >= 15 is 0 Å². The van der Waals surface area contributed by atoms with Gasteiger partial charge in [0, 0.05) is 19.6 Å². The summed E-state index contributed by atoms with van der Waals surface area (Å²) < 4.78 is 58.9. The van der Waals surface area contributed by atoms with Gasteiger partial charge in [0.15, 0.2) is 17.5 Å². The number of rotatable bonds is 7. The van der Waals surface area contributed by atoms with Crippen LogP contribution >= 0.6 is 0 Å². The van der Waals surface area contributed by atoms with E-state index in [-0.39, 0.29) is 12.6 Å². The number of benzene rings is 2. The summed E-state index contributed by atoms with van der Waals surface area (Å²) in [5.41, 5.74) is 0.133. The van der Waals surface area contributed by atoms with Crippen molar-refractivity contribution in [3.8, 4) is 0 Å². The molecule has 0 aliphatic carbocycles. The molecule has 1 saturated heterocycles. The molecule has 1 aliphatic rings. The fraction of sp³-hybridized carbons (Fsp3) is 0.333. The third-order valence-electron chi connectivity index (χ3n) is 4.89. The SMILES string of the molecule is O=C(CNC(=O)NCC(c1cccc(F)c1)N1CCOCC1)Nc1ccc(F)c(F)c1F. The molecule has 32 heavy (non-hydrogen) atoms. The lowest BCUT2D eigenvalue weighted by atomic mass is 10.0. The van der Waals surface area contributed by atoms with E-state index < -0.39 is 47.4 Å². The van der Waals surface area contributed by atoms with Crippen LogP contribution in [0.3, 0.4) is 0 Å². The van der Waals surface area contributed by atoms with E-state index in [2.05, 4.69) is 20.9 Å². The summed E-state index contributed by atoms with van der Waals surface area (Å²) in [5.74, 6) is -5.86. The summed E-state index contributed by atoms with van der Waals surface area (Å²) in [6.07, 6.45) is 0. The number of hydrogen-bond acceptors (Lipinski definition) is 4. The van der Waals surface area contributed by atoms with Gasteiger partial charge in [-0.25, -0.2) is 22.4 Å². The van der Waals surface area contributed by atoms with Gasteiger partial charge in [-0.1, -0.05) is 12.1 Å². The second-order valence-electron chi connectivity index (χ2n) is 7.05. The highest BCUT2D eigenvalue weighted by atomic mass is 19.2. The summed E-state index contributed by atoms with van der Waals surface area (Å²) in [6.45, 7) is 1.83. The van der Waals surface area contributed by atoms with E-state index in [0.717, 1.165) is 6.07 Å². The Morgan fingerprint density at radius 3 is 2.47 bits per heavy atom. The maximum atomic E-state index is 13.7. The van der Waals surface area contributed by atoms with E-state index in [4.69, 9.17) is 4.74 Å². The number of ether oxygens (including phenoxy) is 1. The summed E-state index contributed by atoms with van der Waals surface area (Å²) in [6, 6.07) is 6.61. The van der Waals surface area contributed by atoms with Gasteiger partial charge in [0.1, 0.15) is 5.82 Å². The van der Waals surface area contributed by atoms with Crippen LogP contribution in [0.5, 0.6) is 0 Å². The van der Waals surface area contributed by atoms with E-state index in [1.54, 1.807) is 12.1 Å². The first-order valence-electron chi connectivity index (χ1n) is 9.87. The maximum Gasteiger partial charge on any atom is 0.315 e. The molecule has 0 bridgehead atoms. The van der Waals surface area contributed by atoms with Gasteiger partial charge in [-0.05, 0) is 29.8 Å². The Balaban J connectivity index is 1.53. The Labute approximate surface area is 181 Å². The Morgan fingerprint density at radius 2 is 1.75 bits per heavy atom. The van der Waals surface area contributed by atoms with Crippen molar-refractivity contribution in [2.75, 3.05) is 44.7 Å². The Hall–Kier alpha value is -3.18. The molecule has 7 nitrogen and oxygen atoms in total. The van der Waals surface area contributed by atoms with Crippen LogP contribution in [0.1, 0.15) is 11.6 Å². The Kier molecular flexibility index (Phi) is 8.01. The summed E-state index contributed by atoms with van der Waals surface area (Å²) >= 11 is 0. The molecular weight excluding hydrogens is 432 g/mol. The van der Waals surface area contributed by atoms with Crippen LogP contribution in [0.25, 0.3) is 0 Å². The van der Waals surface area contributed by atoms with Crippen molar-refractivity contribution in [1.29, 1.82) is 0 Å². The molecule has 2 aromatic rings. The largest absolute Gasteiger partial charge is 0.379 e. The highest BCUT2D eigenvalue weighted by molar-refractivity contribution is 5.94. The topological polar surface area (TPSA) is 82.7 Å². The van der Waals surface area contributed by atoms with Gasteiger partial charge in [0.25, 0.3) is 0 Å². The van der Waals surface area contributed by atoms with Crippen molar-refractivity contribution in [2.24, 2.45) is 0 Å². The molecule has 0 saturated carbocycles. The maximum absolute atomic E-state index is 13.7. The zero-order valence-electron chi connectivity index (χ0n) is 17.0. The molecule has 1 fully saturated rings. The lowest BCUT2D eigenvalue weighted by Gasteiger charge is -2.34.